The molecule has 2 aromatic carbocycles. The van der Waals surface area contributed by atoms with Crippen LogP contribution in [-0.2, 0) is 13.6 Å². The fourth-order valence-corrected chi connectivity index (χ4v) is 2.60. The SMILES string of the molecule is Cc1cc(-c2nc3c(CN)cccc3n2C)ccc1Cl. The molecule has 2 N–H and O–H groups in total. The second-order valence-corrected chi connectivity index (χ2v) is 5.35. The van der Waals surface area contributed by atoms with E-state index < -0.39 is 0 Å². The van der Waals surface area contributed by atoms with Crippen LogP contribution in [0, 0.1) is 6.92 Å². The summed E-state index contributed by atoms with van der Waals surface area (Å²) in [5, 5.41) is 0.773. The molecule has 0 saturated carbocycles. The van der Waals surface area contributed by atoms with Crippen LogP contribution in [0.1, 0.15) is 11.1 Å². The number of benzene rings is 2. The molecule has 20 heavy (non-hydrogen) atoms. The highest BCUT2D eigenvalue weighted by atomic mass is 35.5. The van der Waals surface area contributed by atoms with Crippen LogP contribution in [0.4, 0.5) is 0 Å². The lowest BCUT2D eigenvalue weighted by atomic mass is 10.1. The van der Waals surface area contributed by atoms with Crippen LogP contribution >= 0.6 is 11.6 Å². The zero-order valence-corrected chi connectivity index (χ0v) is 12.3. The van der Waals surface area contributed by atoms with Crippen molar-refractivity contribution in [2.75, 3.05) is 0 Å². The molecular formula is C16H16ClN3. The van der Waals surface area contributed by atoms with Crippen molar-refractivity contribution in [2.24, 2.45) is 12.8 Å². The van der Waals surface area contributed by atoms with Gasteiger partial charge in [0, 0.05) is 24.2 Å². The van der Waals surface area contributed by atoms with Gasteiger partial charge in [0.25, 0.3) is 0 Å². The zero-order valence-electron chi connectivity index (χ0n) is 11.5. The summed E-state index contributed by atoms with van der Waals surface area (Å²) in [5.41, 5.74) is 11.0. The maximum absolute atomic E-state index is 6.09. The van der Waals surface area contributed by atoms with Crippen LogP contribution < -0.4 is 5.73 Å². The topological polar surface area (TPSA) is 43.8 Å². The summed E-state index contributed by atoms with van der Waals surface area (Å²) in [6.45, 7) is 2.49. The van der Waals surface area contributed by atoms with E-state index >= 15 is 0 Å². The minimum Gasteiger partial charge on any atom is -0.327 e. The summed E-state index contributed by atoms with van der Waals surface area (Å²) < 4.78 is 2.09. The van der Waals surface area contributed by atoms with Gasteiger partial charge in [0.15, 0.2) is 0 Å². The second kappa shape index (κ2) is 4.93. The van der Waals surface area contributed by atoms with Crippen LogP contribution in [0.25, 0.3) is 22.4 Å². The number of hydrogen-bond donors (Lipinski definition) is 1. The van der Waals surface area contributed by atoms with Crippen LogP contribution in [0.2, 0.25) is 5.02 Å². The van der Waals surface area contributed by atoms with Crippen molar-refractivity contribution in [3.8, 4) is 11.4 Å². The van der Waals surface area contributed by atoms with Gasteiger partial charge in [-0.2, -0.15) is 0 Å². The van der Waals surface area contributed by atoms with Crippen molar-refractivity contribution in [1.82, 2.24) is 9.55 Å². The van der Waals surface area contributed by atoms with Gasteiger partial charge in [0.2, 0.25) is 0 Å². The van der Waals surface area contributed by atoms with Crippen molar-refractivity contribution in [2.45, 2.75) is 13.5 Å². The average molecular weight is 286 g/mol. The Hall–Kier alpha value is -1.84. The smallest absolute Gasteiger partial charge is 0.140 e. The van der Waals surface area contributed by atoms with Gasteiger partial charge < -0.3 is 10.3 Å². The van der Waals surface area contributed by atoms with Crippen LogP contribution in [0.3, 0.4) is 0 Å². The van der Waals surface area contributed by atoms with E-state index in [4.69, 9.17) is 22.3 Å². The van der Waals surface area contributed by atoms with E-state index in [9.17, 15) is 0 Å². The number of rotatable bonds is 2. The van der Waals surface area contributed by atoms with Crippen molar-refractivity contribution < 1.29 is 0 Å². The van der Waals surface area contributed by atoms with E-state index in [0.717, 1.165) is 38.6 Å². The molecule has 102 valence electrons. The van der Waals surface area contributed by atoms with Crippen LogP contribution in [0.15, 0.2) is 36.4 Å². The largest absolute Gasteiger partial charge is 0.327 e. The molecular weight excluding hydrogens is 270 g/mol. The highest BCUT2D eigenvalue weighted by molar-refractivity contribution is 6.31. The minimum atomic E-state index is 0.493. The second-order valence-electron chi connectivity index (χ2n) is 4.95. The first-order valence-corrected chi connectivity index (χ1v) is 6.90. The first kappa shape index (κ1) is 13.2. The van der Waals surface area contributed by atoms with Crippen molar-refractivity contribution >= 4 is 22.6 Å². The summed E-state index contributed by atoms with van der Waals surface area (Å²) in [6, 6.07) is 12.1. The summed E-state index contributed by atoms with van der Waals surface area (Å²) in [7, 11) is 2.02. The van der Waals surface area contributed by atoms with Gasteiger partial charge in [-0.3, -0.25) is 0 Å². The lowest BCUT2D eigenvalue weighted by Crippen LogP contribution is -1.97. The molecule has 0 radical (unpaired) electrons. The Bertz CT molecular complexity index is 790. The van der Waals surface area contributed by atoms with E-state index in [1.807, 2.05) is 38.2 Å². The Morgan fingerprint density at radius 3 is 2.75 bits per heavy atom. The Balaban J connectivity index is 2.26. The molecule has 3 aromatic rings. The highest BCUT2D eigenvalue weighted by Gasteiger charge is 2.12. The number of fused-ring (bicyclic) bond motifs is 1. The van der Waals surface area contributed by atoms with E-state index in [1.54, 1.807) is 0 Å². The molecule has 0 atom stereocenters. The number of para-hydroxylation sites is 1. The maximum atomic E-state index is 6.09. The number of halogens is 1. The zero-order chi connectivity index (χ0) is 14.3. The quantitative estimate of drug-likeness (QED) is 0.781. The van der Waals surface area contributed by atoms with Gasteiger partial charge >= 0.3 is 0 Å². The van der Waals surface area contributed by atoms with Crippen LogP contribution in [-0.4, -0.2) is 9.55 Å². The summed E-state index contributed by atoms with van der Waals surface area (Å²) >= 11 is 6.09. The molecule has 3 rings (SSSR count). The predicted octanol–water partition coefficient (Wildman–Crippen LogP) is 3.66. The van der Waals surface area contributed by atoms with Crippen molar-refractivity contribution in [3.63, 3.8) is 0 Å². The van der Waals surface area contributed by atoms with Gasteiger partial charge in [-0.15, -0.1) is 0 Å². The summed E-state index contributed by atoms with van der Waals surface area (Å²) in [4.78, 5) is 4.76. The molecule has 0 spiro atoms. The standard InChI is InChI=1S/C16H16ClN3/c1-10-8-11(6-7-13(10)17)16-19-15-12(9-18)4-3-5-14(15)20(16)2/h3-8H,9,18H2,1-2H3. The van der Waals surface area contributed by atoms with E-state index in [1.165, 1.54) is 0 Å². The molecule has 0 aliphatic carbocycles. The lowest BCUT2D eigenvalue weighted by molar-refractivity contribution is 0.959. The number of imidazole rings is 1. The fraction of sp³-hybridized carbons (Fsp3) is 0.188. The first-order chi connectivity index (χ1) is 9.61. The third kappa shape index (κ3) is 1.99. The van der Waals surface area contributed by atoms with Crippen molar-refractivity contribution in [1.29, 1.82) is 0 Å². The molecule has 0 saturated heterocycles. The molecule has 0 amide bonds. The Kier molecular flexibility index (Phi) is 3.24. The molecule has 3 nitrogen and oxygen atoms in total. The molecule has 0 unspecified atom stereocenters. The minimum absolute atomic E-state index is 0.493. The van der Waals surface area contributed by atoms with E-state index in [2.05, 4.69) is 16.7 Å². The third-order valence-electron chi connectivity index (χ3n) is 3.63. The average Bonchev–Trinajstić information content (AvgIpc) is 2.79. The molecule has 0 aliphatic rings. The number of aromatic nitrogens is 2. The van der Waals surface area contributed by atoms with Gasteiger partial charge in [-0.25, -0.2) is 4.98 Å². The Morgan fingerprint density at radius 2 is 2.05 bits per heavy atom. The van der Waals surface area contributed by atoms with Gasteiger partial charge in [0.1, 0.15) is 5.82 Å². The molecule has 1 aromatic heterocycles. The highest BCUT2D eigenvalue weighted by Crippen LogP contribution is 2.28. The molecule has 4 heteroatoms. The lowest BCUT2D eigenvalue weighted by Gasteiger charge is -2.04. The third-order valence-corrected chi connectivity index (χ3v) is 4.06. The summed E-state index contributed by atoms with van der Waals surface area (Å²) in [6.07, 6.45) is 0. The maximum Gasteiger partial charge on any atom is 0.140 e. The monoisotopic (exact) mass is 285 g/mol. The number of nitrogens with zero attached hydrogens (tertiary/aromatic N) is 2. The number of hydrogen-bond acceptors (Lipinski definition) is 2. The van der Waals surface area contributed by atoms with Crippen molar-refractivity contribution in [3.05, 3.63) is 52.5 Å². The summed E-state index contributed by atoms with van der Waals surface area (Å²) in [5.74, 6) is 0.931. The Morgan fingerprint density at radius 1 is 1.25 bits per heavy atom. The normalized spacial score (nSPS) is 11.2. The number of nitrogens with two attached hydrogens (primary N) is 1. The molecule has 0 aliphatic heterocycles. The van der Waals surface area contributed by atoms with E-state index in [0.29, 0.717) is 6.54 Å². The number of aryl methyl sites for hydroxylation is 2. The first-order valence-electron chi connectivity index (χ1n) is 6.52. The van der Waals surface area contributed by atoms with E-state index in [-0.39, 0.29) is 0 Å². The molecule has 0 bridgehead atoms. The van der Waals surface area contributed by atoms with Gasteiger partial charge in [-0.05, 0) is 42.3 Å². The van der Waals surface area contributed by atoms with Gasteiger partial charge in [-0.1, -0.05) is 23.7 Å². The Labute approximate surface area is 123 Å². The van der Waals surface area contributed by atoms with Crippen LogP contribution in [0.5, 0.6) is 0 Å². The molecule has 1 heterocycles. The van der Waals surface area contributed by atoms with Gasteiger partial charge in [0.05, 0.1) is 11.0 Å². The predicted molar refractivity (Wildman–Crippen MR) is 83.8 cm³/mol. The fourth-order valence-electron chi connectivity index (χ4n) is 2.48. The molecule has 0 fully saturated rings.